The molecule has 1 N–H and O–H groups in total. The fourth-order valence-electron chi connectivity index (χ4n) is 3.38. The number of rotatable bonds is 6. The second kappa shape index (κ2) is 9.71. The summed E-state index contributed by atoms with van der Waals surface area (Å²) >= 11 is 12.3. The van der Waals surface area contributed by atoms with Crippen LogP contribution in [0.1, 0.15) is 35.7 Å². The van der Waals surface area contributed by atoms with Crippen LogP contribution in [-0.2, 0) is 9.59 Å². The van der Waals surface area contributed by atoms with Crippen LogP contribution < -0.4 is 15.0 Å². The minimum Gasteiger partial charge on any atom is -0.423 e. The van der Waals surface area contributed by atoms with Crippen molar-refractivity contribution in [1.82, 2.24) is 0 Å². The third kappa shape index (κ3) is 4.69. The van der Waals surface area contributed by atoms with E-state index in [0.29, 0.717) is 22.9 Å². The molecule has 0 unspecified atom stereocenters. The summed E-state index contributed by atoms with van der Waals surface area (Å²) in [6.07, 6.45) is 0. The lowest BCUT2D eigenvalue weighted by atomic mass is 10.0. The van der Waals surface area contributed by atoms with Crippen LogP contribution in [0.25, 0.3) is 0 Å². The van der Waals surface area contributed by atoms with Gasteiger partial charge < -0.3 is 10.1 Å². The Morgan fingerprint density at radius 2 is 1.53 bits per heavy atom. The summed E-state index contributed by atoms with van der Waals surface area (Å²) < 4.78 is 5.42. The van der Waals surface area contributed by atoms with Gasteiger partial charge in [0, 0.05) is 5.69 Å². The number of carbonyl (C=O) groups is 3. The number of nitrogens with zero attached hydrogens (tertiary/aromatic N) is 1. The van der Waals surface area contributed by atoms with Crippen LogP contribution in [0.15, 0.2) is 83.5 Å². The first kappa shape index (κ1) is 23.5. The number of carbonyl (C=O) groups excluding carboxylic acids is 3. The monoisotopic (exact) mass is 494 g/mol. The number of hydrogen-bond acceptors (Lipinski definition) is 5. The van der Waals surface area contributed by atoms with Gasteiger partial charge in [0.2, 0.25) is 0 Å². The zero-order valence-corrected chi connectivity index (χ0v) is 19.9. The van der Waals surface area contributed by atoms with Gasteiger partial charge in [0.25, 0.3) is 11.8 Å². The average Bonchev–Trinajstić information content (AvgIpc) is 3.03. The third-order valence-corrected chi connectivity index (χ3v) is 5.94. The number of anilines is 2. The maximum atomic E-state index is 12.9. The lowest BCUT2D eigenvalue weighted by Gasteiger charge is -2.16. The van der Waals surface area contributed by atoms with E-state index in [1.165, 1.54) is 0 Å². The number of hydrogen-bond donors (Lipinski definition) is 1. The second-order valence-electron chi connectivity index (χ2n) is 7.90. The van der Waals surface area contributed by atoms with Crippen LogP contribution >= 0.6 is 23.2 Å². The number of amides is 2. The Balaban J connectivity index is 1.46. The zero-order valence-electron chi connectivity index (χ0n) is 18.3. The molecule has 1 aliphatic rings. The zero-order chi connectivity index (χ0) is 24.4. The molecule has 8 heteroatoms. The van der Waals surface area contributed by atoms with Gasteiger partial charge in [-0.05, 0) is 60.0 Å². The molecule has 34 heavy (non-hydrogen) atoms. The quantitative estimate of drug-likeness (QED) is 0.253. The van der Waals surface area contributed by atoms with E-state index in [1.807, 2.05) is 12.1 Å². The average molecular weight is 495 g/mol. The van der Waals surface area contributed by atoms with Crippen LogP contribution in [0.5, 0.6) is 5.75 Å². The van der Waals surface area contributed by atoms with Gasteiger partial charge in [0.15, 0.2) is 0 Å². The van der Waals surface area contributed by atoms with Crippen molar-refractivity contribution in [2.75, 3.05) is 10.2 Å². The SMILES string of the molecule is CC(C)c1ccc(OC(=O)c2ccc(NC3=C(Cl)C(=O)N(c4ccccc4Cl)C3=O)cc2)cc1. The lowest BCUT2D eigenvalue weighted by Crippen LogP contribution is -2.32. The van der Waals surface area contributed by atoms with Crippen LogP contribution in [0.4, 0.5) is 11.4 Å². The van der Waals surface area contributed by atoms with Crippen molar-refractivity contribution in [3.8, 4) is 5.75 Å². The molecule has 2 amide bonds. The van der Waals surface area contributed by atoms with Gasteiger partial charge in [0.05, 0.1) is 16.3 Å². The van der Waals surface area contributed by atoms with Crippen molar-refractivity contribution >= 4 is 52.4 Å². The molecule has 6 nitrogen and oxygen atoms in total. The lowest BCUT2D eigenvalue weighted by molar-refractivity contribution is -0.120. The summed E-state index contributed by atoms with van der Waals surface area (Å²) in [5.41, 5.74) is 2.11. The van der Waals surface area contributed by atoms with Gasteiger partial charge >= 0.3 is 5.97 Å². The molecule has 1 aliphatic heterocycles. The van der Waals surface area contributed by atoms with Gasteiger partial charge in [0.1, 0.15) is 16.5 Å². The summed E-state index contributed by atoms with van der Waals surface area (Å²) in [5, 5.41) is 2.86. The van der Waals surface area contributed by atoms with Crippen molar-refractivity contribution in [1.29, 1.82) is 0 Å². The number of para-hydroxylation sites is 1. The molecule has 172 valence electrons. The Kier molecular flexibility index (Phi) is 6.72. The molecule has 0 spiro atoms. The van der Waals surface area contributed by atoms with Crippen LogP contribution in [0.3, 0.4) is 0 Å². The predicted molar refractivity (Wildman–Crippen MR) is 132 cm³/mol. The van der Waals surface area contributed by atoms with Gasteiger partial charge in [-0.3, -0.25) is 9.59 Å². The summed E-state index contributed by atoms with van der Waals surface area (Å²) in [4.78, 5) is 38.9. The highest BCUT2D eigenvalue weighted by Gasteiger charge is 2.39. The Labute approximate surface area is 206 Å². The molecule has 0 saturated heterocycles. The molecule has 1 heterocycles. The number of halogens is 2. The van der Waals surface area contributed by atoms with E-state index in [4.69, 9.17) is 27.9 Å². The predicted octanol–water partition coefficient (Wildman–Crippen LogP) is 6.12. The van der Waals surface area contributed by atoms with Gasteiger partial charge in [-0.15, -0.1) is 0 Å². The Bertz CT molecular complexity index is 1300. The Morgan fingerprint density at radius 1 is 0.882 bits per heavy atom. The fourth-order valence-corrected chi connectivity index (χ4v) is 3.82. The molecule has 4 rings (SSSR count). The van der Waals surface area contributed by atoms with Crippen molar-refractivity contribution in [3.63, 3.8) is 0 Å². The molecule has 0 aromatic heterocycles. The molecule has 0 radical (unpaired) electrons. The highest BCUT2D eigenvalue weighted by molar-refractivity contribution is 6.53. The number of imide groups is 1. The van der Waals surface area contributed by atoms with Crippen molar-refractivity contribution in [3.05, 3.63) is 99.7 Å². The Hall–Kier alpha value is -3.61. The summed E-state index contributed by atoms with van der Waals surface area (Å²) in [7, 11) is 0. The molecule has 0 fully saturated rings. The molecular formula is C26H20Cl2N2O4. The van der Waals surface area contributed by atoms with E-state index in [0.717, 1.165) is 10.5 Å². The van der Waals surface area contributed by atoms with Crippen molar-refractivity contribution < 1.29 is 19.1 Å². The first-order chi connectivity index (χ1) is 16.3. The first-order valence-electron chi connectivity index (χ1n) is 10.5. The van der Waals surface area contributed by atoms with E-state index < -0.39 is 17.8 Å². The highest BCUT2D eigenvalue weighted by atomic mass is 35.5. The number of ether oxygens (including phenoxy) is 1. The third-order valence-electron chi connectivity index (χ3n) is 5.27. The maximum Gasteiger partial charge on any atom is 0.343 e. The maximum absolute atomic E-state index is 12.9. The largest absolute Gasteiger partial charge is 0.423 e. The van der Waals surface area contributed by atoms with E-state index in [9.17, 15) is 14.4 Å². The summed E-state index contributed by atoms with van der Waals surface area (Å²) in [6, 6.07) is 20.1. The van der Waals surface area contributed by atoms with Crippen LogP contribution in [0.2, 0.25) is 5.02 Å². The highest BCUT2D eigenvalue weighted by Crippen LogP contribution is 2.34. The molecular weight excluding hydrogens is 475 g/mol. The molecule has 0 saturated carbocycles. The normalized spacial score (nSPS) is 13.6. The van der Waals surface area contributed by atoms with Crippen molar-refractivity contribution in [2.45, 2.75) is 19.8 Å². The van der Waals surface area contributed by atoms with Gasteiger partial charge in [-0.2, -0.15) is 0 Å². The number of nitrogens with one attached hydrogen (secondary N) is 1. The van der Waals surface area contributed by atoms with E-state index in [1.54, 1.807) is 60.7 Å². The minimum atomic E-state index is -0.675. The fraction of sp³-hybridized carbons (Fsp3) is 0.115. The van der Waals surface area contributed by atoms with E-state index >= 15 is 0 Å². The van der Waals surface area contributed by atoms with E-state index in [2.05, 4.69) is 19.2 Å². The van der Waals surface area contributed by atoms with Crippen LogP contribution in [0, 0.1) is 0 Å². The smallest absolute Gasteiger partial charge is 0.343 e. The molecule has 3 aromatic carbocycles. The topological polar surface area (TPSA) is 75.7 Å². The first-order valence-corrected chi connectivity index (χ1v) is 11.2. The second-order valence-corrected chi connectivity index (χ2v) is 8.69. The molecule has 3 aromatic rings. The van der Waals surface area contributed by atoms with Crippen LogP contribution in [-0.4, -0.2) is 17.8 Å². The summed E-state index contributed by atoms with van der Waals surface area (Å²) in [5.74, 6) is -0.990. The van der Waals surface area contributed by atoms with Crippen molar-refractivity contribution in [2.24, 2.45) is 0 Å². The molecule has 0 aliphatic carbocycles. The molecule has 0 atom stereocenters. The Morgan fingerprint density at radius 3 is 2.15 bits per heavy atom. The number of esters is 1. The van der Waals surface area contributed by atoms with Gasteiger partial charge in [-0.25, -0.2) is 9.69 Å². The van der Waals surface area contributed by atoms with E-state index in [-0.39, 0.29) is 21.4 Å². The standard InChI is InChI=1S/C26H20Cl2N2O4/c1-15(2)16-9-13-19(14-10-16)34-26(33)17-7-11-18(12-8-17)29-23-22(28)24(31)30(25(23)32)21-6-4-3-5-20(21)27/h3-15,29H,1-2H3. The molecule has 0 bridgehead atoms. The van der Waals surface area contributed by atoms with Gasteiger partial charge in [-0.1, -0.05) is 61.3 Å². The summed E-state index contributed by atoms with van der Waals surface area (Å²) in [6.45, 7) is 4.17. The minimum absolute atomic E-state index is 0.0767. The number of benzene rings is 3.